The zero-order chi connectivity index (χ0) is 14.9. The van der Waals surface area contributed by atoms with Gasteiger partial charge in [-0.2, -0.15) is 0 Å². The first kappa shape index (κ1) is 18.9. The van der Waals surface area contributed by atoms with Gasteiger partial charge in [-0.25, -0.2) is 0 Å². The summed E-state index contributed by atoms with van der Waals surface area (Å²) in [7, 11) is 0. The van der Waals surface area contributed by atoms with Crippen molar-refractivity contribution in [2.75, 3.05) is 38.0 Å². The number of halogens is 1. The average Bonchev–Trinajstić information content (AvgIpc) is 2.53. The summed E-state index contributed by atoms with van der Waals surface area (Å²) in [4.78, 5) is 14.3. The lowest BCUT2D eigenvalue weighted by molar-refractivity contribution is -0.116. The summed E-state index contributed by atoms with van der Waals surface area (Å²) in [6.45, 7) is 7.45. The van der Waals surface area contributed by atoms with E-state index in [4.69, 9.17) is 0 Å². The van der Waals surface area contributed by atoms with Crippen molar-refractivity contribution in [1.29, 1.82) is 0 Å². The first-order chi connectivity index (χ1) is 10.3. The smallest absolute Gasteiger partial charge is 0.225 e. The second kappa shape index (κ2) is 10.6. The first-order valence-electron chi connectivity index (χ1n) is 8.06. The average molecular weight is 326 g/mol. The van der Waals surface area contributed by atoms with Crippen LogP contribution in [0.2, 0.25) is 0 Å². The highest BCUT2D eigenvalue weighted by atomic mass is 35.5. The van der Waals surface area contributed by atoms with E-state index in [1.54, 1.807) is 0 Å². The molecule has 5 heteroatoms. The molecule has 1 aromatic rings. The van der Waals surface area contributed by atoms with Gasteiger partial charge in [-0.05, 0) is 57.1 Å². The molecule has 124 valence electrons. The number of nitrogens with one attached hydrogen (secondary N) is 2. The highest BCUT2D eigenvalue weighted by Gasteiger charge is 2.19. The second-order valence-electron chi connectivity index (χ2n) is 5.76. The topological polar surface area (TPSA) is 44.4 Å². The van der Waals surface area contributed by atoms with Gasteiger partial charge in [-0.15, -0.1) is 12.4 Å². The van der Waals surface area contributed by atoms with Crippen molar-refractivity contribution in [3.05, 3.63) is 30.3 Å². The van der Waals surface area contributed by atoms with E-state index in [1.165, 1.54) is 12.8 Å². The number of carbonyl (C=O) groups excluding carboxylic acids is 1. The Morgan fingerprint density at radius 1 is 1.23 bits per heavy atom. The maximum atomic E-state index is 11.9. The van der Waals surface area contributed by atoms with Crippen LogP contribution in [-0.2, 0) is 4.79 Å². The Kier molecular flexibility index (Phi) is 9.13. The van der Waals surface area contributed by atoms with Crippen LogP contribution in [0, 0.1) is 5.92 Å². The van der Waals surface area contributed by atoms with E-state index >= 15 is 0 Å². The molecule has 0 atom stereocenters. The number of hydrogen-bond donors (Lipinski definition) is 2. The third-order valence-electron chi connectivity index (χ3n) is 4.10. The van der Waals surface area contributed by atoms with E-state index in [1.807, 2.05) is 30.3 Å². The van der Waals surface area contributed by atoms with Gasteiger partial charge in [0.1, 0.15) is 0 Å². The van der Waals surface area contributed by atoms with Crippen molar-refractivity contribution in [2.45, 2.75) is 26.2 Å². The molecule has 1 aliphatic heterocycles. The van der Waals surface area contributed by atoms with E-state index in [0.29, 0.717) is 6.42 Å². The lowest BCUT2D eigenvalue weighted by atomic mass is 9.96. The van der Waals surface area contributed by atoms with Crippen molar-refractivity contribution in [3.63, 3.8) is 0 Å². The molecule has 0 spiro atoms. The molecule has 1 heterocycles. The molecule has 0 aliphatic carbocycles. The molecule has 0 aromatic heterocycles. The van der Waals surface area contributed by atoms with Gasteiger partial charge in [-0.1, -0.05) is 25.1 Å². The minimum Gasteiger partial charge on any atom is -0.326 e. The maximum Gasteiger partial charge on any atom is 0.225 e. The number of amides is 1. The van der Waals surface area contributed by atoms with Gasteiger partial charge in [0, 0.05) is 18.7 Å². The fourth-order valence-corrected chi connectivity index (χ4v) is 2.77. The van der Waals surface area contributed by atoms with E-state index < -0.39 is 0 Å². The van der Waals surface area contributed by atoms with Crippen molar-refractivity contribution in [1.82, 2.24) is 10.2 Å². The molecule has 0 unspecified atom stereocenters. The summed E-state index contributed by atoms with van der Waals surface area (Å²) < 4.78 is 0. The number of likely N-dealkylation sites (tertiary alicyclic amines) is 1. The molecule has 1 saturated heterocycles. The number of carbonyl (C=O) groups is 1. The molecule has 1 fully saturated rings. The Morgan fingerprint density at radius 2 is 1.91 bits per heavy atom. The van der Waals surface area contributed by atoms with E-state index in [9.17, 15) is 4.79 Å². The number of benzene rings is 1. The Hall–Kier alpha value is -1.10. The third-order valence-corrected chi connectivity index (χ3v) is 4.10. The van der Waals surface area contributed by atoms with Gasteiger partial charge in [0.15, 0.2) is 0 Å². The van der Waals surface area contributed by atoms with Crippen LogP contribution in [0.3, 0.4) is 0 Å². The Labute approximate surface area is 140 Å². The number of nitrogens with zero attached hydrogens (tertiary/aromatic N) is 1. The summed E-state index contributed by atoms with van der Waals surface area (Å²) in [5, 5.41) is 6.37. The maximum absolute atomic E-state index is 11.9. The molecule has 0 bridgehead atoms. The van der Waals surface area contributed by atoms with Gasteiger partial charge in [0.2, 0.25) is 5.91 Å². The van der Waals surface area contributed by atoms with Crippen LogP contribution >= 0.6 is 12.4 Å². The normalized spacial score (nSPS) is 16.0. The summed E-state index contributed by atoms with van der Waals surface area (Å²) in [6.07, 6.45) is 3.06. The Morgan fingerprint density at radius 3 is 2.55 bits per heavy atom. The van der Waals surface area contributed by atoms with Crippen LogP contribution in [-0.4, -0.2) is 43.5 Å². The van der Waals surface area contributed by atoms with E-state index in [0.717, 1.165) is 44.3 Å². The van der Waals surface area contributed by atoms with Gasteiger partial charge in [0.05, 0.1) is 0 Å². The summed E-state index contributed by atoms with van der Waals surface area (Å²) in [5.74, 6) is 0.912. The van der Waals surface area contributed by atoms with E-state index in [2.05, 4.69) is 22.5 Å². The number of piperidine rings is 1. The predicted octanol–water partition coefficient (Wildman–Crippen LogP) is 2.76. The minimum atomic E-state index is 0. The molecule has 1 aromatic carbocycles. The van der Waals surface area contributed by atoms with Gasteiger partial charge >= 0.3 is 0 Å². The standard InChI is InChI=1S/C17H27N3O.ClH/c1-2-18-14-15-8-11-20(12-9-15)13-10-17(21)19-16-6-4-3-5-7-16;/h3-7,15,18H,2,8-14H2,1H3,(H,19,21);1H. The molecular weight excluding hydrogens is 298 g/mol. The van der Waals surface area contributed by atoms with E-state index in [-0.39, 0.29) is 18.3 Å². The van der Waals surface area contributed by atoms with Crippen molar-refractivity contribution < 1.29 is 4.79 Å². The molecule has 22 heavy (non-hydrogen) atoms. The number of rotatable bonds is 7. The monoisotopic (exact) mass is 325 g/mol. The number of para-hydroxylation sites is 1. The summed E-state index contributed by atoms with van der Waals surface area (Å²) >= 11 is 0. The molecule has 1 amide bonds. The van der Waals surface area contributed by atoms with Crippen LogP contribution in [0.1, 0.15) is 26.2 Å². The molecular formula is C17H28ClN3O. The van der Waals surface area contributed by atoms with Crippen molar-refractivity contribution in [3.8, 4) is 0 Å². The number of hydrogen-bond acceptors (Lipinski definition) is 3. The Balaban J connectivity index is 0.00000242. The SMILES string of the molecule is CCNCC1CCN(CCC(=O)Nc2ccccc2)CC1.Cl. The fourth-order valence-electron chi connectivity index (χ4n) is 2.77. The number of anilines is 1. The fraction of sp³-hybridized carbons (Fsp3) is 0.588. The van der Waals surface area contributed by atoms with Crippen LogP contribution in [0.25, 0.3) is 0 Å². The quantitative estimate of drug-likeness (QED) is 0.810. The summed E-state index contributed by atoms with van der Waals surface area (Å²) in [5.41, 5.74) is 0.881. The lowest BCUT2D eigenvalue weighted by Gasteiger charge is -2.31. The van der Waals surface area contributed by atoms with Crippen molar-refractivity contribution >= 4 is 24.0 Å². The molecule has 0 saturated carbocycles. The van der Waals surface area contributed by atoms with Gasteiger partial charge in [-0.3, -0.25) is 4.79 Å². The van der Waals surface area contributed by atoms with Gasteiger partial charge in [0.25, 0.3) is 0 Å². The van der Waals surface area contributed by atoms with Crippen molar-refractivity contribution in [2.24, 2.45) is 5.92 Å². The van der Waals surface area contributed by atoms with Crippen LogP contribution < -0.4 is 10.6 Å². The minimum absolute atomic E-state index is 0. The lowest BCUT2D eigenvalue weighted by Crippen LogP contribution is -2.38. The first-order valence-corrected chi connectivity index (χ1v) is 8.06. The molecule has 2 N–H and O–H groups in total. The van der Waals surface area contributed by atoms with Gasteiger partial charge < -0.3 is 15.5 Å². The zero-order valence-corrected chi connectivity index (χ0v) is 14.2. The molecule has 2 rings (SSSR count). The zero-order valence-electron chi connectivity index (χ0n) is 13.4. The molecule has 4 nitrogen and oxygen atoms in total. The third kappa shape index (κ3) is 6.77. The molecule has 0 radical (unpaired) electrons. The molecule has 1 aliphatic rings. The highest BCUT2D eigenvalue weighted by Crippen LogP contribution is 2.16. The predicted molar refractivity (Wildman–Crippen MR) is 94.6 cm³/mol. The van der Waals surface area contributed by atoms with Crippen LogP contribution in [0.4, 0.5) is 5.69 Å². The Bertz CT molecular complexity index is 419. The highest BCUT2D eigenvalue weighted by molar-refractivity contribution is 5.90. The summed E-state index contributed by atoms with van der Waals surface area (Å²) in [6, 6.07) is 9.66. The van der Waals surface area contributed by atoms with Crippen LogP contribution in [0.5, 0.6) is 0 Å². The van der Waals surface area contributed by atoms with Crippen LogP contribution in [0.15, 0.2) is 30.3 Å². The largest absolute Gasteiger partial charge is 0.326 e. The second-order valence-corrected chi connectivity index (χ2v) is 5.76.